The molecule has 4 heteroatoms. The van der Waals surface area contributed by atoms with Crippen LogP contribution in [-0.2, 0) is 0 Å². The van der Waals surface area contributed by atoms with Crippen LogP contribution in [0.2, 0.25) is 5.02 Å². The first-order valence-corrected chi connectivity index (χ1v) is 6.42. The molecular weight excluding hydrogens is 250 g/mol. The molecule has 0 saturated heterocycles. The predicted molar refractivity (Wildman–Crippen MR) is 73.1 cm³/mol. The van der Waals surface area contributed by atoms with E-state index in [9.17, 15) is 4.79 Å². The Morgan fingerprint density at radius 1 is 1.44 bits per heavy atom. The molecule has 3 nitrogen and oxygen atoms in total. The molecule has 0 saturated carbocycles. The molecule has 2 aromatic rings. The minimum absolute atomic E-state index is 0.0166. The number of benzene rings is 1. The van der Waals surface area contributed by atoms with Crippen LogP contribution >= 0.6 is 11.6 Å². The lowest BCUT2D eigenvalue weighted by atomic mass is 10.1. The highest BCUT2D eigenvalue weighted by molar-refractivity contribution is 6.31. The highest BCUT2D eigenvalue weighted by Crippen LogP contribution is 2.24. The number of Topliss-reactive ketones (excluding diaryl/α,β-unsaturated/α-hetero) is 1. The van der Waals surface area contributed by atoms with Gasteiger partial charge in [0.1, 0.15) is 5.58 Å². The maximum Gasteiger partial charge on any atom is 0.198 e. The maximum atomic E-state index is 11.9. The van der Waals surface area contributed by atoms with Crippen LogP contribution in [0.15, 0.2) is 28.7 Å². The van der Waals surface area contributed by atoms with E-state index in [0.29, 0.717) is 22.8 Å². The Morgan fingerprint density at radius 2 is 2.22 bits per heavy atom. The first kappa shape index (κ1) is 13.1. The van der Waals surface area contributed by atoms with Crippen LogP contribution in [0.1, 0.15) is 36.7 Å². The summed E-state index contributed by atoms with van der Waals surface area (Å²) < 4.78 is 5.50. The largest absolute Gasteiger partial charge is 0.453 e. The molecule has 0 radical (unpaired) electrons. The molecule has 0 aliphatic carbocycles. The molecule has 1 aromatic carbocycles. The number of hydrogen-bond donors (Lipinski definition) is 1. The minimum Gasteiger partial charge on any atom is -0.453 e. The van der Waals surface area contributed by atoms with Gasteiger partial charge in [-0.05, 0) is 44.0 Å². The number of hydrogen-bond acceptors (Lipinski definition) is 3. The van der Waals surface area contributed by atoms with Crippen molar-refractivity contribution in [3.05, 3.63) is 35.0 Å². The van der Waals surface area contributed by atoms with Crippen LogP contribution in [0.4, 0.5) is 0 Å². The summed E-state index contributed by atoms with van der Waals surface area (Å²) in [6.45, 7) is 1.94. The van der Waals surface area contributed by atoms with Gasteiger partial charge < -0.3 is 10.2 Å². The molecule has 96 valence electrons. The second-order valence-corrected chi connectivity index (χ2v) is 5.02. The molecule has 0 amide bonds. The van der Waals surface area contributed by atoms with Crippen molar-refractivity contribution in [1.29, 1.82) is 0 Å². The van der Waals surface area contributed by atoms with Gasteiger partial charge in [-0.25, -0.2) is 0 Å². The van der Waals surface area contributed by atoms with Crippen molar-refractivity contribution >= 4 is 28.4 Å². The van der Waals surface area contributed by atoms with Crippen molar-refractivity contribution < 1.29 is 9.21 Å². The summed E-state index contributed by atoms with van der Waals surface area (Å²) >= 11 is 5.89. The highest BCUT2D eigenvalue weighted by Gasteiger charge is 2.12. The summed E-state index contributed by atoms with van der Waals surface area (Å²) in [5, 5.41) is 1.50. The Balaban J connectivity index is 2.08. The number of rotatable bonds is 5. The zero-order valence-electron chi connectivity index (χ0n) is 10.3. The van der Waals surface area contributed by atoms with E-state index in [4.69, 9.17) is 21.8 Å². The number of carbonyl (C=O) groups is 1. The van der Waals surface area contributed by atoms with Gasteiger partial charge in [-0.15, -0.1) is 0 Å². The monoisotopic (exact) mass is 265 g/mol. The number of carbonyl (C=O) groups excluding carboxylic acids is 1. The third kappa shape index (κ3) is 3.12. The average molecular weight is 266 g/mol. The highest BCUT2D eigenvalue weighted by atomic mass is 35.5. The third-order valence-electron chi connectivity index (χ3n) is 2.82. The van der Waals surface area contributed by atoms with Crippen molar-refractivity contribution in [3.63, 3.8) is 0 Å². The van der Waals surface area contributed by atoms with Gasteiger partial charge in [0.25, 0.3) is 0 Å². The molecule has 0 aliphatic rings. The molecule has 1 heterocycles. The Bertz CT molecular complexity index is 560. The second-order valence-electron chi connectivity index (χ2n) is 4.59. The van der Waals surface area contributed by atoms with Crippen LogP contribution in [0.3, 0.4) is 0 Å². The fourth-order valence-corrected chi connectivity index (χ4v) is 2.04. The molecule has 0 bridgehead atoms. The average Bonchev–Trinajstić information content (AvgIpc) is 2.71. The van der Waals surface area contributed by atoms with Crippen LogP contribution in [0.5, 0.6) is 0 Å². The van der Waals surface area contributed by atoms with Gasteiger partial charge in [0.2, 0.25) is 0 Å². The van der Waals surface area contributed by atoms with Crippen molar-refractivity contribution in [2.24, 2.45) is 5.73 Å². The van der Waals surface area contributed by atoms with Gasteiger partial charge in [-0.2, -0.15) is 0 Å². The molecule has 0 fully saturated rings. The van der Waals surface area contributed by atoms with Crippen molar-refractivity contribution in [2.45, 2.75) is 32.2 Å². The fourth-order valence-electron chi connectivity index (χ4n) is 1.86. The van der Waals surface area contributed by atoms with E-state index in [1.54, 1.807) is 24.3 Å². The van der Waals surface area contributed by atoms with Crippen LogP contribution in [0, 0.1) is 0 Å². The van der Waals surface area contributed by atoms with E-state index < -0.39 is 0 Å². The van der Waals surface area contributed by atoms with Gasteiger partial charge in [0, 0.05) is 22.9 Å². The summed E-state index contributed by atoms with van der Waals surface area (Å²) in [6, 6.07) is 7.19. The van der Waals surface area contributed by atoms with Gasteiger partial charge in [0.15, 0.2) is 11.5 Å². The lowest BCUT2D eigenvalue weighted by Gasteiger charge is -2.02. The van der Waals surface area contributed by atoms with Crippen LogP contribution in [-0.4, -0.2) is 11.8 Å². The zero-order chi connectivity index (χ0) is 13.1. The number of halogens is 1. The fraction of sp³-hybridized carbons (Fsp3) is 0.357. The summed E-state index contributed by atoms with van der Waals surface area (Å²) in [5.74, 6) is 0.417. The lowest BCUT2D eigenvalue weighted by molar-refractivity contribution is 0.0954. The molecule has 1 aromatic heterocycles. The van der Waals surface area contributed by atoms with Gasteiger partial charge in [-0.1, -0.05) is 11.6 Å². The maximum absolute atomic E-state index is 11.9. The molecule has 2 N–H and O–H groups in total. The molecule has 0 aliphatic heterocycles. The molecular formula is C14H16ClNO2. The van der Waals surface area contributed by atoms with E-state index in [2.05, 4.69) is 0 Å². The van der Waals surface area contributed by atoms with Crippen molar-refractivity contribution in [1.82, 2.24) is 0 Å². The second kappa shape index (κ2) is 5.55. The topological polar surface area (TPSA) is 56.2 Å². The van der Waals surface area contributed by atoms with E-state index in [1.165, 1.54) is 0 Å². The van der Waals surface area contributed by atoms with E-state index >= 15 is 0 Å². The number of ketones is 1. The molecule has 1 atom stereocenters. The van der Waals surface area contributed by atoms with Gasteiger partial charge in [0.05, 0.1) is 0 Å². The van der Waals surface area contributed by atoms with Gasteiger partial charge in [-0.3, -0.25) is 4.79 Å². The van der Waals surface area contributed by atoms with Crippen LogP contribution < -0.4 is 5.73 Å². The molecule has 1 unspecified atom stereocenters. The van der Waals surface area contributed by atoms with Crippen molar-refractivity contribution in [2.75, 3.05) is 0 Å². The third-order valence-corrected chi connectivity index (χ3v) is 3.05. The van der Waals surface area contributed by atoms with Crippen LogP contribution in [0.25, 0.3) is 11.0 Å². The Labute approximate surface area is 111 Å². The molecule has 18 heavy (non-hydrogen) atoms. The van der Waals surface area contributed by atoms with Crippen molar-refractivity contribution in [3.8, 4) is 0 Å². The predicted octanol–water partition coefficient (Wildman–Crippen LogP) is 3.79. The van der Waals surface area contributed by atoms with Gasteiger partial charge >= 0.3 is 0 Å². The quantitative estimate of drug-likeness (QED) is 0.837. The Morgan fingerprint density at radius 3 is 2.94 bits per heavy atom. The molecule has 2 rings (SSSR count). The smallest absolute Gasteiger partial charge is 0.198 e. The zero-order valence-corrected chi connectivity index (χ0v) is 11.0. The Kier molecular flexibility index (Phi) is 4.04. The first-order valence-electron chi connectivity index (χ1n) is 6.04. The molecule has 0 spiro atoms. The SMILES string of the molecule is CC(N)CCCC(=O)c1cc2cc(Cl)ccc2o1. The summed E-state index contributed by atoms with van der Waals surface area (Å²) in [4.78, 5) is 11.9. The number of furan rings is 1. The summed E-state index contributed by atoms with van der Waals surface area (Å²) in [7, 11) is 0. The normalized spacial score (nSPS) is 12.8. The van der Waals surface area contributed by atoms with E-state index in [0.717, 1.165) is 18.2 Å². The Hall–Kier alpha value is -1.32. The minimum atomic E-state index is 0.0166. The summed E-state index contributed by atoms with van der Waals surface area (Å²) in [6.07, 6.45) is 2.10. The standard InChI is InChI=1S/C14H16ClNO2/c1-9(16)3-2-4-12(17)14-8-10-7-11(15)5-6-13(10)18-14/h5-9H,2-4,16H2,1H3. The number of nitrogens with two attached hydrogens (primary N) is 1. The first-order chi connectivity index (χ1) is 8.56. The lowest BCUT2D eigenvalue weighted by Crippen LogP contribution is -2.14. The number of fused-ring (bicyclic) bond motifs is 1. The van der Waals surface area contributed by atoms with E-state index in [1.807, 2.05) is 6.92 Å². The summed E-state index contributed by atoms with van der Waals surface area (Å²) in [5.41, 5.74) is 6.34. The van der Waals surface area contributed by atoms with E-state index in [-0.39, 0.29) is 11.8 Å².